The van der Waals surface area contributed by atoms with Crippen molar-refractivity contribution in [2.24, 2.45) is 0 Å². The van der Waals surface area contributed by atoms with Crippen LogP contribution < -0.4 is 5.32 Å². The average Bonchev–Trinajstić information content (AvgIpc) is 2.89. The van der Waals surface area contributed by atoms with Crippen molar-refractivity contribution in [2.75, 3.05) is 40.4 Å². The summed E-state index contributed by atoms with van der Waals surface area (Å²) in [6.07, 6.45) is -0.526. The van der Waals surface area contributed by atoms with Crippen molar-refractivity contribution in [3.05, 3.63) is 0 Å². The lowest BCUT2D eigenvalue weighted by Crippen LogP contribution is -2.61. The van der Waals surface area contributed by atoms with Gasteiger partial charge in [0.05, 0.1) is 13.1 Å². The van der Waals surface area contributed by atoms with Crippen LogP contribution >= 0.6 is 0 Å². The van der Waals surface area contributed by atoms with Crippen LogP contribution in [0.5, 0.6) is 0 Å². The van der Waals surface area contributed by atoms with Crippen LogP contribution in [0.15, 0.2) is 0 Å². The van der Waals surface area contributed by atoms with Gasteiger partial charge in [-0.05, 0) is 0 Å². The van der Waals surface area contributed by atoms with Crippen LogP contribution in [-0.2, 0) is 19.1 Å². The van der Waals surface area contributed by atoms with Crippen LogP contribution in [0.2, 0.25) is 0 Å². The van der Waals surface area contributed by atoms with E-state index in [9.17, 15) is 14.4 Å². The molecule has 9 nitrogen and oxygen atoms in total. The zero-order valence-corrected chi connectivity index (χ0v) is 11.9. The number of rotatable bonds is 3. The molecule has 2 fully saturated rings. The van der Waals surface area contributed by atoms with E-state index in [1.807, 2.05) is 0 Å². The van der Waals surface area contributed by atoms with Crippen LogP contribution in [-0.4, -0.2) is 91.5 Å². The molecule has 2 aliphatic heterocycles. The van der Waals surface area contributed by atoms with Gasteiger partial charge >= 0.3 is 12.0 Å². The minimum absolute atomic E-state index is 0.0881. The summed E-state index contributed by atoms with van der Waals surface area (Å²) >= 11 is 0. The third kappa shape index (κ3) is 3.08. The number of nitrogens with zero attached hydrogens (tertiary/aromatic N) is 2. The molecule has 0 aromatic carbocycles. The molecule has 21 heavy (non-hydrogen) atoms. The maximum atomic E-state index is 12.5. The number of methoxy groups -OCH3 is 2. The molecule has 0 bridgehead atoms. The molecule has 3 atom stereocenters. The number of ether oxygens (including phenoxy) is 2. The van der Waals surface area contributed by atoms with E-state index in [1.54, 1.807) is 0 Å². The quantitative estimate of drug-likeness (QED) is 0.646. The Morgan fingerprint density at radius 3 is 2.29 bits per heavy atom. The lowest BCUT2D eigenvalue weighted by Gasteiger charge is -2.35. The van der Waals surface area contributed by atoms with Crippen LogP contribution in [0.4, 0.5) is 4.79 Å². The van der Waals surface area contributed by atoms with E-state index in [4.69, 9.17) is 14.6 Å². The number of piperazine rings is 1. The number of nitrogens with one attached hydrogen (secondary N) is 1. The SMILES string of the molecule is COC1CN(C(=O)N2CC(=O)NCC2C(=O)O)CC1OC. The minimum Gasteiger partial charge on any atom is -0.480 e. The molecule has 0 saturated carbocycles. The third-order valence-electron chi connectivity index (χ3n) is 3.80. The van der Waals surface area contributed by atoms with Gasteiger partial charge in [-0.1, -0.05) is 0 Å². The second kappa shape index (κ2) is 6.27. The van der Waals surface area contributed by atoms with Crippen LogP contribution in [0.1, 0.15) is 0 Å². The summed E-state index contributed by atoms with van der Waals surface area (Å²) in [6.45, 7) is 0.257. The standard InChI is InChI=1S/C12H19N3O6/c1-20-8-4-14(5-9(8)21-2)12(19)15-6-10(16)13-3-7(15)11(17)18/h7-9H,3-6H2,1-2H3,(H,13,16)(H,17,18). The number of hydrogen-bond donors (Lipinski definition) is 2. The van der Waals surface area contributed by atoms with Gasteiger partial charge in [-0.15, -0.1) is 0 Å². The van der Waals surface area contributed by atoms with Gasteiger partial charge in [-0.2, -0.15) is 0 Å². The van der Waals surface area contributed by atoms with Gasteiger partial charge in [-0.25, -0.2) is 9.59 Å². The Morgan fingerprint density at radius 2 is 1.81 bits per heavy atom. The first-order valence-corrected chi connectivity index (χ1v) is 6.58. The Labute approximate surface area is 121 Å². The second-order valence-electron chi connectivity index (χ2n) is 5.02. The first-order valence-electron chi connectivity index (χ1n) is 6.58. The summed E-state index contributed by atoms with van der Waals surface area (Å²) in [5.74, 6) is -1.51. The molecule has 2 rings (SSSR count). The molecule has 9 heteroatoms. The van der Waals surface area contributed by atoms with Gasteiger partial charge in [0, 0.05) is 20.8 Å². The molecule has 0 aliphatic carbocycles. The number of urea groups is 1. The number of hydrogen-bond acceptors (Lipinski definition) is 5. The molecule has 0 spiro atoms. The van der Waals surface area contributed by atoms with Crippen LogP contribution in [0.25, 0.3) is 0 Å². The van der Waals surface area contributed by atoms with Crippen molar-refractivity contribution in [2.45, 2.75) is 18.2 Å². The lowest BCUT2D eigenvalue weighted by atomic mass is 10.2. The van der Waals surface area contributed by atoms with Gasteiger partial charge in [-0.3, -0.25) is 9.69 Å². The summed E-state index contributed by atoms with van der Waals surface area (Å²) in [5.41, 5.74) is 0. The Kier molecular flexibility index (Phi) is 4.63. The van der Waals surface area contributed by atoms with Crippen molar-refractivity contribution in [1.82, 2.24) is 15.1 Å². The number of likely N-dealkylation sites (tertiary alicyclic amines) is 1. The highest BCUT2D eigenvalue weighted by atomic mass is 16.5. The Bertz CT molecular complexity index is 431. The van der Waals surface area contributed by atoms with Crippen LogP contribution in [0.3, 0.4) is 0 Å². The first kappa shape index (κ1) is 15.5. The monoisotopic (exact) mass is 301 g/mol. The van der Waals surface area contributed by atoms with E-state index in [0.717, 1.165) is 4.90 Å². The first-order chi connectivity index (χ1) is 9.97. The average molecular weight is 301 g/mol. The third-order valence-corrected chi connectivity index (χ3v) is 3.80. The number of carbonyl (C=O) groups excluding carboxylic acids is 2. The minimum atomic E-state index is -1.14. The summed E-state index contributed by atoms with van der Waals surface area (Å²) < 4.78 is 10.5. The largest absolute Gasteiger partial charge is 0.480 e. The topological polar surface area (TPSA) is 108 Å². The number of carbonyl (C=O) groups is 3. The van der Waals surface area contributed by atoms with Crippen molar-refractivity contribution in [3.63, 3.8) is 0 Å². The fraction of sp³-hybridized carbons (Fsp3) is 0.750. The highest BCUT2D eigenvalue weighted by Crippen LogP contribution is 2.19. The van der Waals surface area contributed by atoms with Gasteiger partial charge < -0.3 is 24.8 Å². The molecular formula is C12H19N3O6. The smallest absolute Gasteiger partial charge is 0.328 e. The van der Waals surface area contributed by atoms with Gasteiger partial charge in [0.2, 0.25) is 5.91 Å². The van der Waals surface area contributed by atoms with Gasteiger partial charge in [0.15, 0.2) is 0 Å². The number of amides is 3. The van der Waals surface area contributed by atoms with Crippen molar-refractivity contribution in [3.8, 4) is 0 Å². The van der Waals surface area contributed by atoms with E-state index in [0.29, 0.717) is 13.1 Å². The zero-order valence-electron chi connectivity index (χ0n) is 11.9. The normalized spacial score (nSPS) is 29.4. The van der Waals surface area contributed by atoms with Crippen LogP contribution in [0, 0.1) is 0 Å². The van der Waals surface area contributed by atoms with Crippen molar-refractivity contribution >= 4 is 17.9 Å². The molecule has 0 aromatic rings. The number of aliphatic carboxylic acids is 1. The Morgan fingerprint density at radius 1 is 1.24 bits per heavy atom. The summed E-state index contributed by atoms with van der Waals surface area (Å²) in [4.78, 5) is 37.7. The fourth-order valence-corrected chi connectivity index (χ4v) is 2.60. The molecule has 2 aliphatic rings. The van der Waals surface area contributed by atoms with E-state index in [1.165, 1.54) is 19.1 Å². The fourth-order valence-electron chi connectivity index (χ4n) is 2.60. The maximum Gasteiger partial charge on any atom is 0.328 e. The molecule has 2 heterocycles. The number of carboxylic acid groups (broad SMARTS) is 1. The van der Waals surface area contributed by atoms with Gasteiger partial charge in [0.25, 0.3) is 0 Å². The van der Waals surface area contributed by atoms with E-state index < -0.39 is 18.0 Å². The molecule has 0 aromatic heterocycles. The zero-order chi connectivity index (χ0) is 15.6. The molecule has 2 N–H and O–H groups in total. The Hall–Kier alpha value is -1.87. The molecular weight excluding hydrogens is 282 g/mol. The summed E-state index contributed by atoms with van der Waals surface area (Å²) in [6, 6.07) is -1.54. The predicted molar refractivity (Wildman–Crippen MR) is 69.7 cm³/mol. The highest BCUT2D eigenvalue weighted by Gasteiger charge is 2.42. The van der Waals surface area contributed by atoms with E-state index in [2.05, 4.69) is 5.32 Å². The highest BCUT2D eigenvalue weighted by molar-refractivity contribution is 5.90. The number of carboxylic acids is 1. The summed E-state index contributed by atoms with van der Waals surface area (Å²) in [5, 5.41) is 11.6. The molecule has 118 valence electrons. The Balaban J connectivity index is 2.10. The van der Waals surface area contributed by atoms with E-state index in [-0.39, 0.29) is 31.2 Å². The second-order valence-corrected chi connectivity index (χ2v) is 5.02. The molecule has 2 saturated heterocycles. The molecule has 3 amide bonds. The summed E-state index contributed by atoms with van der Waals surface area (Å²) in [7, 11) is 3.05. The van der Waals surface area contributed by atoms with Crippen molar-refractivity contribution in [1.29, 1.82) is 0 Å². The molecule has 3 unspecified atom stereocenters. The lowest BCUT2D eigenvalue weighted by molar-refractivity contribution is -0.144. The van der Waals surface area contributed by atoms with Crippen molar-refractivity contribution < 1.29 is 29.0 Å². The molecule has 0 radical (unpaired) electrons. The van der Waals surface area contributed by atoms with Gasteiger partial charge in [0.1, 0.15) is 24.8 Å². The van der Waals surface area contributed by atoms with E-state index >= 15 is 0 Å². The predicted octanol–water partition coefficient (Wildman–Crippen LogP) is -1.66. The maximum absolute atomic E-state index is 12.5.